The quantitative estimate of drug-likeness (QED) is 0.494. The number of hydrogen-bond donors (Lipinski definition) is 2. The van der Waals surface area contributed by atoms with Crippen molar-refractivity contribution in [3.8, 4) is 0 Å². The third-order valence-electron chi connectivity index (χ3n) is 1.25. The molecule has 1 saturated heterocycles. The molecule has 1 heterocycles. The van der Waals surface area contributed by atoms with Crippen molar-refractivity contribution in [2.24, 2.45) is 0 Å². The molecule has 1 atom stereocenters. The number of nitrogens with one attached hydrogen (secondary N) is 1. The van der Waals surface area contributed by atoms with Gasteiger partial charge in [0.05, 0.1) is 28.6 Å². The van der Waals surface area contributed by atoms with Gasteiger partial charge in [-0.15, -0.1) is 0 Å². The van der Waals surface area contributed by atoms with E-state index in [-0.39, 0.29) is 25.5 Å². The molecule has 4 nitrogen and oxygen atoms in total. The lowest BCUT2D eigenvalue weighted by molar-refractivity contribution is -0.121. The van der Waals surface area contributed by atoms with E-state index in [2.05, 4.69) is 5.32 Å². The second-order valence-electron chi connectivity index (χ2n) is 2.07. The van der Waals surface area contributed by atoms with Crippen molar-refractivity contribution in [3.05, 3.63) is 0 Å². The molecule has 1 amide bonds. The Labute approximate surface area is 62.0 Å². The molecule has 0 unspecified atom stereocenters. The maximum Gasteiger partial charge on any atom is 0.222 e. The highest BCUT2D eigenvalue weighted by Gasteiger charge is 2.14. The normalized spacial score (nSPS) is 31.7. The van der Waals surface area contributed by atoms with Crippen molar-refractivity contribution in [1.29, 1.82) is 0 Å². The Bertz CT molecular complexity index is 180. The van der Waals surface area contributed by atoms with Crippen molar-refractivity contribution in [3.63, 3.8) is 0 Å². The second-order valence-corrected chi connectivity index (χ2v) is 2.07. The second kappa shape index (κ2) is 3.53. The van der Waals surface area contributed by atoms with Gasteiger partial charge in [0, 0.05) is 6.42 Å². The van der Waals surface area contributed by atoms with Gasteiger partial charge >= 0.3 is 0 Å². The zero-order valence-electron chi connectivity index (χ0n) is 7.46. The standard InChI is InChI=1S/C6H11NO3/c8-3-5-4-10-2-1-6(9)7-5/h5,8H,1-4H2,(H,7,9)/t5-/m1/s1/i3D2. The van der Waals surface area contributed by atoms with Gasteiger partial charge in [-0.2, -0.15) is 0 Å². The van der Waals surface area contributed by atoms with Crippen molar-refractivity contribution in [2.45, 2.75) is 12.5 Å². The Morgan fingerprint density at radius 3 is 3.50 bits per heavy atom. The number of amides is 1. The molecule has 0 aromatic heterocycles. The Balaban J connectivity index is 2.58. The van der Waals surface area contributed by atoms with Crippen LogP contribution in [-0.2, 0) is 9.53 Å². The molecule has 0 aliphatic carbocycles. The average Bonchev–Trinajstić information content (AvgIpc) is 2.11. The molecular formula is C6H11NO3. The highest BCUT2D eigenvalue weighted by Crippen LogP contribution is 1.94. The molecule has 4 heteroatoms. The van der Waals surface area contributed by atoms with E-state index in [1.54, 1.807) is 0 Å². The maximum atomic E-state index is 10.9. The maximum absolute atomic E-state index is 10.9. The summed E-state index contributed by atoms with van der Waals surface area (Å²) in [6, 6.07) is -0.965. The molecule has 10 heavy (non-hydrogen) atoms. The molecule has 0 saturated carbocycles. The fourth-order valence-electron chi connectivity index (χ4n) is 0.744. The lowest BCUT2D eigenvalue weighted by Gasteiger charge is -2.10. The van der Waals surface area contributed by atoms with Gasteiger partial charge in [0.1, 0.15) is 0 Å². The number of rotatable bonds is 1. The Morgan fingerprint density at radius 2 is 2.80 bits per heavy atom. The first-order valence-electron chi connectivity index (χ1n) is 4.09. The molecule has 1 aliphatic rings. The van der Waals surface area contributed by atoms with Crippen molar-refractivity contribution < 1.29 is 17.4 Å². The van der Waals surface area contributed by atoms with Crippen molar-refractivity contribution in [1.82, 2.24) is 5.32 Å². The van der Waals surface area contributed by atoms with Gasteiger partial charge in [0.2, 0.25) is 5.91 Å². The van der Waals surface area contributed by atoms with Crippen LogP contribution in [0.1, 0.15) is 9.16 Å². The van der Waals surface area contributed by atoms with Crippen LogP contribution in [-0.4, -0.2) is 36.8 Å². The van der Waals surface area contributed by atoms with E-state index in [1.807, 2.05) is 0 Å². The first-order valence-corrected chi connectivity index (χ1v) is 3.09. The monoisotopic (exact) mass is 147 g/mol. The van der Waals surface area contributed by atoms with Gasteiger partial charge in [-0.1, -0.05) is 0 Å². The third kappa shape index (κ3) is 1.97. The number of aliphatic hydroxyl groups is 1. The summed E-state index contributed by atoms with van der Waals surface area (Å²) in [5, 5.41) is 11.3. The fourth-order valence-corrected chi connectivity index (χ4v) is 0.744. The van der Waals surface area contributed by atoms with Gasteiger partial charge in [-0.3, -0.25) is 4.79 Å². The first-order chi connectivity index (χ1) is 5.50. The van der Waals surface area contributed by atoms with E-state index in [0.29, 0.717) is 0 Å². The highest BCUT2D eigenvalue weighted by molar-refractivity contribution is 5.76. The van der Waals surface area contributed by atoms with Crippen molar-refractivity contribution >= 4 is 5.91 Å². The average molecular weight is 147 g/mol. The molecule has 0 bridgehead atoms. The van der Waals surface area contributed by atoms with Crippen LogP contribution in [0.2, 0.25) is 0 Å². The van der Waals surface area contributed by atoms with E-state index in [1.165, 1.54) is 0 Å². The van der Waals surface area contributed by atoms with Gasteiger partial charge in [0.25, 0.3) is 0 Å². The predicted molar refractivity (Wildman–Crippen MR) is 34.5 cm³/mol. The lowest BCUT2D eigenvalue weighted by atomic mass is 10.3. The zero-order chi connectivity index (χ0) is 9.19. The summed E-state index contributed by atoms with van der Waals surface area (Å²) >= 11 is 0. The Morgan fingerprint density at radius 1 is 2.00 bits per heavy atom. The number of hydrogen-bond acceptors (Lipinski definition) is 3. The molecule has 0 spiro atoms. The summed E-state index contributed by atoms with van der Waals surface area (Å²) in [4.78, 5) is 10.9. The Hall–Kier alpha value is -0.610. The number of carbonyl (C=O) groups is 1. The SMILES string of the molecule is [2H]C([2H])(O)[C@@H]1COCCC(=O)N1. The summed E-state index contributed by atoms with van der Waals surface area (Å²) < 4.78 is 18.8. The fraction of sp³-hybridized carbons (Fsp3) is 0.833. The minimum Gasteiger partial charge on any atom is -0.394 e. The van der Waals surface area contributed by atoms with Crippen LogP contribution in [0.3, 0.4) is 0 Å². The van der Waals surface area contributed by atoms with E-state index in [4.69, 9.17) is 12.6 Å². The minimum atomic E-state index is -2.42. The number of ether oxygens (including phenoxy) is 1. The molecule has 0 aromatic carbocycles. The molecule has 1 rings (SSSR count). The van der Waals surface area contributed by atoms with Gasteiger partial charge in [-0.05, 0) is 0 Å². The van der Waals surface area contributed by atoms with Crippen LogP contribution in [0, 0.1) is 0 Å². The Kier molecular flexibility index (Phi) is 1.80. The minimum absolute atomic E-state index is 0.00917. The molecule has 1 fully saturated rings. The summed E-state index contributed by atoms with van der Waals surface area (Å²) in [5.41, 5.74) is 0. The summed E-state index contributed by atoms with van der Waals surface area (Å²) in [5.74, 6) is -0.296. The largest absolute Gasteiger partial charge is 0.394 e. The molecule has 58 valence electrons. The lowest BCUT2D eigenvalue weighted by Crippen LogP contribution is -2.38. The smallest absolute Gasteiger partial charge is 0.222 e. The summed E-state index contributed by atoms with van der Waals surface area (Å²) in [7, 11) is 0. The van der Waals surface area contributed by atoms with Crippen LogP contribution < -0.4 is 5.32 Å². The highest BCUT2D eigenvalue weighted by atomic mass is 16.5. The molecular weight excluding hydrogens is 134 g/mol. The van der Waals surface area contributed by atoms with Crippen LogP contribution in [0.4, 0.5) is 0 Å². The van der Waals surface area contributed by atoms with Gasteiger partial charge in [0.15, 0.2) is 0 Å². The third-order valence-corrected chi connectivity index (χ3v) is 1.25. The van der Waals surface area contributed by atoms with Gasteiger partial charge < -0.3 is 15.2 Å². The summed E-state index contributed by atoms with van der Waals surface area (Å²) in [6.45, 7) is -2.13. The van der Waals surface area contributed by atoms with E-state index in [0.717, 1.165) is 0 Å². The van der Waals surface area contributed by atoms with Crippen LogP contribution >= 0.6 is 0 Å². The van der Waals surface area contributed by atoms with Crippen molar-refractivity contribution in [2.75, 3.05) is 19.8 Å². The van der Waals surface area contributed by atoms with E-state index < -0.39 is 12.6 Å². The number of carbonyl (C=O) groups excluding carboxylic acids is 1. The van der Waals surface area contributed by atoms with Crippen LogP contribution in [0.5, 0.6) is 0 Å². The molecule has 1 aliphatic heterocycles. The van der Waals surface area contributed by atoms with Crippen LogP contribution in [0.25, 0.3) is 0 Å². The van der Waals surface area contributed by atoms with Gasteiger partial charge in [-0.25, -0.2) is 0 Å². The van der Waals surface area contributed by atoms with E-state index >= 15 is 0 Å². The zero-order valence-corrected chi connectivity index (χ0v) is 5.46. The van der Waals surface area contributed by atoms with Crippen LogP contribution in [0.15, 0.2) is 0 Å². The topological polar surface area (TPSA) is 58.6 Å². The molecule has 0 radical (unpaired) electrons. The first kappa shape index (κ1) is 5.09. The molecule has 0 aromatic rings. The predicted octanol–water partition coefficient (Wildman–Crippen LogP) is -1.12. The van der Waals surface area contributed by atoms with E-state index in [9.17, 15) is 4.79 Å². The molecule has 2 N–H and O–H groups in total. The summed E-state index contributed by atoms with van der Waals surface area (Å²) in [6.07, 6.45) is 0.215.